The number of hydrogen-bond donors (Lipinski definition) is 1. The number of ether oxygens (including phenoxy) is 6. The molecule has 0 aliphatic carbocycles. The Kier molecular flexibility index (Phi) is 5.45. The van der Waals surface area contributed by atoms with Gasteiger partial charge in [-0.3, -0.25) is 5.01 Å². The number of fused-ring (bicyclic) bond motifs is 3. The van der Waals surface area contributed by atoms with Crippen LogP contribution >= 0.6 is 0 Å². The van der Waals surface area contributed by atoms with E-state index in [-0.39, 0.29) is 6.04 Å². The second-order valence-electron chi connectivity index (χ2n) is 8.80. The van der Waals surface area contributed by atoms with E-state index in [4.69, 9.17) is 28.4 Å². The molecule has 0 bridgehead atoms. The molecule has 0 spiro atoms. The zero-order valence-corrected chi connectivity index (χ0v) is 17.2. The molecule has 0 aromatic heterocycles. The van der Waals surface area contributed by atoms with Crippen LogP contribution < -0.4 is 0 Å². The Bertz CT molecular complexity index is 599. The lowest BCUT2D eigenvalue weighted by Crippen LogP contribution is -2.58. The van der Waals surface area contributed by atoms with Crippen LogP contribution in [0, 0.1) is 0 Å². The lowest BCUT2D eigenvalue weighted by atomic mass is 9.96. The summed E-state index contributed by atoms with van der Waals surface area (Å²) in [6.45, 7) is 8.82. The van der Waals surface area contributed by atoms with Crippen LogP contribution in [0.1, 0.15) is 40.5 Å². The van der Waals surface area contributed by atoms with E-state index in [9.17, 15) is 5.11 Å². The lowest BCUT2D eigenvalue weighted by Gasteiger charge is -2.38. The highest BCUT2D eigenvalue weighted by atomic mass is 16.9. The fraction of sp³-hybridized carbons (Fsp3) is 0.947. The normalized spacial score (nSPS) is 42.7. The first-order valence-electron chi connectivity index (χ1n) is 10.0. The Labute approximate surface area is 165 Å². The number of aliphatic hydroxyl groups is 1. The lowest BCUT2D eigenvalue weighted by molar-refractivity contribution is -0.245. The van der Waals surface area contributed by atoms with Crippen molar-refractivity contribution in [2.24, 2.45) is 5.10 Å². The van der Waals surface area contributed by atoms with Gasteiger partial charge in [-0.15, -0.1) is 0 Å². The Hall–Kier alpha value is -0.810. The molecule has 4 rings (SSSR count). The van der Waals surface area contributed by atoms with Gasteiger partial charge in [0.25, 0.3) is 0 Å². The molecule has 1 N–H and O–H groups in total. The molecule has 4 aliphatic heterocycles. The third-order valence-electron chi connectivity index (χ3n) is 5.60. The van der Waals surface area contributed by atoms with E-state index in [0.717, 1.165) is 19.4 Å². The summed E-state index contributed by atoms with van der Waals surface area (Å²) in [7, 11) is 1.69. The number of hydrazone groups is 1. The standard InChI is InChI=1S/C19H32N2O7/c1-18(2)25-14-13(12(22)9-20-21-8-6-7-11(21)10-23-5)24-17-16(15(14)26-18)27-19(3,4)28-17/h9,11-17,22H,6-8,10H2,1-5H3/b20-9+/t11-,12+,13+,14-,15-,16+,17+/m0/s1. The van der Waals surface area contributed by atoms with E-state index in [1.165, 1.54) is 6.21 Å². The molecule has 0 unspecified atom stereocenters. The molecule has 0 aromatic carbocycles. The molecule has 4 saturated heterocycles. The first-order chi connectivity index (χ1) is 13.2. The van der Waals surface area contributed by atoms with Gasteiger partial charge in [-0.2, -0.15) is 5.10 Å². The Morgan fingerprint density at radius 1 is 1.11 bits per heavy atom. The molecule has 4 fully saturated rings. The topological polar surface area (TPSA) is 91.2 Å². The van der Waals surface area contributed by atoms with Gasteiger partial charge in [0.1, 0.15) is 30.5 Å². The fourth-order valence-corrected chi connectivity index (χ4v) is 4.49. The summed E-state index contributed by atoms with van der Waals surface area (Å²) in [5.74, 6) is -1.58. The van der Waals surface area contributed by atoms with Crippen molar-refractivity contribution in [3.63, 3.8) is 0 Å². The van der Waals surface area contributed by atoms with Crippen molar-refractivity contribution in [2.75, 3.05) is 20.3 Å². The zero-order valence-electron chi connectivity index (χ0n) is 17.2. The summed E-state index contributed by atoms with van der Waals surface area (Å²) >= 11 is 0. The quantitative estimate of drug-likeness (QED) is 0.679. The van der Waals surface area contributed by atoms with Gasteiger partial charge in [-0.1, -0.05) is 0 Å². The maximum absolute atomic E-state index is 10.9. The van der Waals surface area contributed by atoms with Gasteiger partial charge < -0.3 is 33.5 Å². The highest BCUT2D eigenvalue weighted by Gasteiger charge is 2.61. The third kappa shape index (κ3) is 3.94. The molecular formula is C19H32N2O7. The molecule has 0 radical (unpaired) electrons. The van der Waals surface area contributed by atoms with Crippen LogP contribution in [0.25, 0.3) is 0 Å². The van der Waals surface area contributed by atoms with Crippen LogP contribution in [-0.2, 0) is 28.4 Å². The van der Waals surface area contributed by atoms with Crippen LogP contribution in [0.4, 0.5) is 0 Å². The molecule has 4 heterocycles. The van der Waals surface area contributed by atoms with E-state index >= 15 is 0 Å². The van der Waals surface area contributed by atoms with Crippen molar-refractivity contribution < 1.29 is 33.5 Å². The second-order valence-corrected chi connectivity index (χ2v) is 8.80. The van der Waals surface area contributed by atoms with Gasteiger partial charge in [0.15, 0.2) is 17.9 Å². The average Bonchev–Trinajstić information content (AvgIpc) is 3.25. The van der Waals surface area contributed by atoms with E-state index in [0.29, 0.717) is 6.61 Å². The van der Waals surface area contributed by atoms with E-state index < -0.39 is 48.4 Å². The van der Waals surface area contributed by atoms with Crippen LogP contribution in [-0.4, -0.2) is 91.0 Å². The van der Waals surface area contributed by atoms with Gasteiger partial charge in [0.2, 0.25) is 0 Å². The first-order valence-corrected chi connectivity index (χ1v) is 10.0. The monoisotopic (exact) mass is 400 g/mol. The van der Waals surface area contributed by atoms with Crippen molar-refractivity contribution in [3.8, 4) is 0 Å². The van der Waals surface area contributed by atoms with Gasteiger partial charge in [-0.05, 0) is 40.5 Å². The van der Waals surface area contributed by atoms with Crippen molar-refractivity contribution >= 4 is 6.21 Å². The van der Waals surface area contributed by atoms with Crippen molar-refractivity contribution in [3.05, 3.63) is 0 Å². The van der Waals surface area contributed by atoms with Crippen LogP contribution in [0.2, 0.25) is 0 Å². The van der Waals surface area contributed by atoms with Gasteiger partial charge >= 0.3 is 0 Å². The summed E-state index contributed by atoms with van der Waals surface area (Å²) in [5.41, 5.74) is 0. The number of methoxy groups -OCH3 is 1. The van der Waals surface area contributed by atoms with Crippen molar-refractivity contribution in [1.82, 2.24) is 5.01 Å². The SMILES string of the molecule is COC[C@@H]1CCCN1/N=C/[C@@H](O)[C@H]1O[C@@H]2OC(C)(C)O[C@@H]2[C@H]2OC(C)(C)O[C@H]21. The van der Waals surface area contributed by atoms with Crippen LogP contribution in [0.3, 0.4) is 0 Å². The molecule has 28 heavy (non-hydrogen) atoms. The number of aliphatic hydroxyl groups excluding tert-OH is 1. The molecule has 4 aliphatic rings. The largest absolute Gasteiger partial charge is 0.385 e. The minimum atomic E-state index is -0.970. The number of hydrogen-bond acceptors (Lipinski definition) is 9. The highest BCUT2D eigenvalue weighted by molar-refractivity contribution is 5.63. The summed E-state index contributed by atoms with van der Waals surface area (Å²) in [4.78, 5) is 0. The summed E-state index contributed by atoms with van der Waals surface area (Å²) < 4.78 is 35.3. The molecule has 0 aromatic rings. The summed E-state index contributed by atoms with van der Waals surface area (Å²) in [5, 5.41) is 17.3. The number of nitrogens with zero attached hydrogens (tertiary/aromatic N) is 2. The van der Waals surface area contributed by atoms with E-state index in [1.54, 1.807) is 7.11 Å². The van der Waals surface area contributed by atoms with Crippen LogP contribution in [0.5, 0.6) is 0 Å². The summed E-state index contributed by atoms with van der Waals surface area (Å²) in [6, 6.07) is 0.232. The maximum atomic E-state index is 10.9. The Morgan fingerprint density at radius 2 is 1.79 bits per heavy atom. The molecule has 7 atom stereocenters. The fourth-order valence-electron chi connectivity index (χ4n) is 4.49. The Balaban J connectivity index is 1.49. The predicted molar refractivity (Wildman–Crippen MR) is 98.6 cm³/mol. The predicted octanol–water partition coefficient (Wildman–Crippen LogP) is 0.840. The molecule has 0 saturated carbocycles. The van der Waals surface area contributed by atoms with Crippen LogP contribution in [0.15, 0.2) is 5.10 Å². The highest BCUT2D eigenvalue weighted by Crippen LogP contribution is 2.44. The minimum Gasteiger partial charge on any atom is -0.385 e. The third-order valence-corrected chi connectivity index (χ3v) is 5.60. The summed E-state index contributed by atoms with van der Waals surface area (Å²) in [6.07, 6.45) is 0.0511. The van der Waals surface area contributed by atoms with Crippen molar-refractivity contribution in [2.45, 2.75) is 95.0 Å². The molecule has 9 heteroatoms. The van der Waals surface area contributed by atoms with Gasteiger partial charge in [0.05, 0.1) is 18.9 Å². The average molecular weight is 400 g/mol. The minimum absolute atomic E-state index is 0.232. The molecule has 0 amide bonds. The zero-order chi connectivity index (χ0) is 20.1. The van der Waals surface area contributed by atoms with E-state index in [2.05, 4.69) is 5.10 Å². The molecule has 9 nitrogen and oxygen atoms in total. The smallest absolute Gasteiger partial charge is 0.190 e. The van der Waals surface area contributed by atoms with E-state index in [1.807, 2.05) is 32.7 Å². The molecule has 160 valence electrons. The first kappa shape index (κ1) is 20.5. The van der Waals surface area contributed by atoms with Gasteiger partial charge in [-0.25, -0.2) is 0 Å². The number of rotatable bonds is 5. The molecular weight excluding hydrogens is 368 g/mol. The Morgan fingerprint density at radius 3 is 2.54 bits per heavy atom. The second kappa shape index (κ2) is 7.46. The van der Waals surface area contributed by atoms with Crippen molar-refractivity contribution in [1.29, 1.82) is 0 Å². The maximum Gasteiger partial charge on any atom is 0.190 e. The van der Waals surface area contributed by atoms with Gasteiger partial charge in [0, 0.05) is 13.7 Å².